The van der Waals surface area contributed by atoms with Crippen molar-refractivity contribution < 1.29 is 31.2 Å². The van der Waals surface area contributed by atoms with Crippen LogP contribution in [0.4, 0.5) is 18.0 Å². The quantitative estimate of drug-likeness (QED) is 0.544. The molecule has 1 aromatic heterocycles. The summed E-state index contributed by atoms with van der Waals surface area (Å²) in [4.78, 5) is 30.6. The molecule has 3 rings (SSSR count). The van der Waals surface area contributed by atoms with Gasteiger partial charge in [0.25, 0.3) is 5.91 Å². The highest BCUT2D eigenvalue weighted by Gasteiger charge is 2.39. The van der Waals surface area contributed by atoms with Crippen molar-refractivity contribution in [3.63, 3.8) is 0 Å². The van der Waals surface area contributed by atoms with Crippen LogP contribution < -0.4 is 5.32 Å². The highest BCUT2D eigenvalue weighted by Crippen LogP contribution is 2.25. The molecule has 2 aliphatic rings. The van der Waals surface area contributed by atoms with E-state index in [-0.39, 0.29) is 25.1 Å². The Bertz CT molecular complexity index is 1060. The highest BCUT2D eigenvalue weighted by molar-refractivity contribution is 7.89. The molecule has 30 heavy (non-hydrogen) atoms. The maximum atomic E-state index is 12.6. The van der Waals surface area contributed by atoms with Crippen molar-refractivity contribution in [2.75, 3.05) is 19.0 Å². The van der Waals surface area contributed by atoms with Crippen LogP contribution in [0.5, 0.6) is 0 Å². The first-order chi connectivity index (χ1) is 14.0. The number of nitrogens with zero attached hydrogens (tertiary/aromatic N) is 4. The Kier molecular flexibility index (Phi) is 5.82. The summed E-state index contributed by atoms with van der Waals surface area (Å²) in [7, 11) is -3.84. The molecule has 3 heterocycles. The number of imide groups is 1. The van der Waals surface area contributed by atoms with Crippen LogP contribution in [0.15, 0.2) is 24.0 Å². The zero-order chi connectivity index (χ0) is 22.1. The molecule has 1 atom stereocenters. The van der Waals surface area contributed by atoms with Gasteiger partial charge in [0.2, 0.25) is 15.8 Å². The van der Waals surface area contributed by atoms with Crippen molar-refractivity contribution in [1.82, 2.24) is 24.5 Å². The lowest BCUT2D eigenvalue weighted by atomic mass is 10.1. The minimum atomic E-state index is -4.63. The molecule has 1 fully saturated rings. The molecule has 0 bridgehead atoms. The number of amides is 3. The second-order valence-electron chi connectivity index (χ2n) is 6.56. The standard InChI is InChI=1S/C17H16F3N5O4S/c1-11-14(26)23-16(27)25(11)10-30(28,29)24-6-4-12(5-7-24)2-3-13-8-21-15(22-9-13)17(18,19)20/h4,8-9,11H,5-7,10H2,1H3,(H,23,26,27)/t11-/m0/s1. The first kappa shape index (κ1) is 21.7. The van der Waals surface area contributed by atoms with E-state index in [4.69, 9.17) is 0 Å². The molecule has 0 unspecified atom stereocenters. The van der Waals surface area contributed by atoms with Crippen LogP contribution in [0.25, 0.3) is 0 Å². The van der Waals surface area contributed by atoms with Gasteiger partial charge in [-0.1, -0.05) is 17.9 Å². The molecule has 1 aromatic rings. The first-order valence-corrected chi connectivity index (χ1v) is 10.3. The zero-order valence-electron chi connectivity index (χ0n) is 15.6. The third-order valence-electron chi connectivity index (χ3n) is 4.48. The normalized spacial score (nSPS) is 20.5. The minimum Gasteiger partial charge on any atom is -0.297 e. The van der Waals surface area contributed by atoms with E-state index in [1.807, 2.05) is 0 Å². The number of halogens is 3. The molecule has 0 saturated carbocycles. The van der Waals surface area contributed by atoms with Gasteiger partial charge in [-0.15, -0.1) is 0 Å². The largest absolute Gasteiger partial charge is 0.451 e. The lowest BCUT2D eigenvalue weighted by Gasteiger charge is -2.27. The number of carbonyl (C=O) groups is 2. The molecule has 9 nitrogen and oxygen atoms in total. The average Bonchev–Trinajstić information content (AvgIpc) is 2.92. The molecular weight excluding hydrogens is 427 g/mol. The average molecular weight is 443 g/mol. The maximum absolute atomic E-state index is 12.6. The molecule has 0 spiro atoms. The third-order valence-corrected chi connectivity index (χ3v) is 6.20. The van der Waals surface area contributed by atoms with Crippen LogP contribution in [-0.2, 0) is 21.0 Å². The Balaban J connectivity index is 1.63. The molecule has 0 aromatic carbocycles. The van der Waals surface area contributed by atoms with Crippen LogP contribution in [0.2, 0.25) is 0 Å². The topological polar surface area (TPSA) is 113 Å². The van der Waals surface area contributed by atoms with Gasteiger partial charge in [0.1, 0.15) is 11.9 Å². The predicted octanol–water partition coefficient (Wildman–Crippen LogP) is 0.707. The van der Waals surface area contributed by atoms with Crippen LogP contribution in [0, 0.1) is 11.8 Å². The van der Waals surface area contributed by atoms with Crippen molar-refractivity contribution in [3.8, 4) is 11.8 Å². The summed E-state index contributed by atoms with van der Waals surface area (Å²) in [5.74, 6) is 2.98. The van der Waals surface area contributed by atoms with Crippen molar-refractivity contribution in [2.45, 2.75) is 25.6 Å². The Morgan fingerprint density at radius 2 is 1.90 bits per heavy atom. The van der Waals surface area contributed by atoms with E-state index in [1.54, 1.807) is 6.08 Å². The summed E-state index contributed by atoms with van der Waals surface area (Å²) in [6.07, 6.45) is -0.835. The number of hydrogen-bond acceptors (Lipinski definition) is 6. The van der Waals surface area contributed by atoms with Crippen molar-refractivity contribution >= 4 is 22.0 Å². The number of nitrogens with one attached hydrogen (secondary N) is 1. The van der Waals surface area contributed by atoms with Gasteiger partial charge in [-0.25, -0.2) is 23.2 Å². The van der Waals surface area contributed by atoms with E-state index in [1.165, 1.54) is 11.2 Å². The third kappa shape index (κ3) is 4.77. The first-order valence-electron chi connectivity index (χ1n) is 8.67. The summed E-state index contributed by atoms with van der Waals surface area (Å²) >= 11 is 0. The van der Waals surface area contributed by atoms with Crippen molar-refractivity contribution in [2.24, 2.45) is 0 Å². The van der Waals surface area contributed by atoms with Gasteiger partial charge in [0.15, 0.2) is 0 Å². The zero-order valence-corrected chi connectivity index (χ0v) is 16.4. The maximum Gasteiger partial charge on any atom is 0.451 e. The van der Waals surface area contributed by atoms with Crippen molar-refractivity contribution in [1.29, 1.82) is 0 Å². The number of carbonyl (C=O) groups excluding carboxylic acids is 2. The summed E-state index contributed by atoms with van der Waals surface area (Å²) in [6.45, 7) is 1.57. The van der Waals surface area contributed by atoms with Gasteiger partial charge in [-0.05, 0) is 13.3 Å². The summed E-state index contributed by atoms with van der Waals surface area (Å²) in [5, 5.41) is 2.06. The molecule has 1 N–H and O–H groups in total. The van der Waals surface area contributed by atoms with E-state index < -0.39 is 45.9 Å². The van der Waals surface area contributed by atoms with Gasteiger partial charge in [-0.3, -0.25) is 15.0 Å². The second-order valence-corrected chi connectivity index (χ2v) is 8.50. The van der Waals surface area contributed by atoms with Gasteiger partial charge >= 0.3 is 12.2 Å². The molecule has 0 radical (unpaired) electrons. The fraction of sp³-hybridized carbons (Fsp3) is 0.412. The summed E-state index contributed by atoms with van der Waals surface area (Å²) in [6, 6.07) is -1.63. The van der Waals surface area contributed by atoms with Crippen LogP contribution >= 0.6 is 0 Å². The molecule has 160 valence electrons. The number of sulfonamides is 1. The smallest absolute Gasteiger partial charge is 0.297 e. The van der Waals surface area contributed by atoms with Crippen LogP contribution in [-0.4, -0.2) is 64.5 Å². The number of urea groups is 1. The predicted molar refractivity (Wildman–Crippen MR) is 96.8 cm³/mol. The monoisotopic (exact) mass is 443 g/mol. The van der Waals surface area contributed by atoms with Gasteiger partial charge < -0.3 is 0 Å². The van der Waals surface area contributed by atoms with E-state index in [0.29, 0.717) is 5.57 Å². The van der Waals surface area contributed by atoms with E-state index in [0.717, 1.165) is 17.3 Å². The SMILES string of the molecule is C[C@H]1C(=O)NC(=O)N1CS(=O)(=O)N1CC=C(C#Cc2cnc(C(F)(F)F)nc2)CC1. The van der Waals surface area contributed by atoms with Gasteiger partial charge in [0.05, 0.1) is 5.56 Å². The number of aromatic nitrogens is 2. The molecule has 0 aliphatic carbocycles. The Labute approximate surface area is 170 Å². The molecular formula is C17H16F3N5O4S. The lowest BCUT2D eigenvalue weighted by Crippen LogP contribution is -2.44. The molecule has 1 saturated heterocycles. The van der Waals surface area contributed by atoms with Crippen molar-refractivity contribution in [3.05, 3.63) is 35.4 Å². The van der Waals surface area contributed by atoms with E-state index >= 15 is 0 Å². The second kappa shape index (κ2) is 8.04. The number of alkyl halides is 3. The Hall–Kier alpha value is -2.98. The fourth-order valence-electron chi connectivity index (χ4n) is 2.74. The van der Waals surface area contributed by atoms with E-state index in [9.17, 15) is 31.2 Å². The van der Waals surface area contributed by atoms with E-state index in [2.05, 4.69) is 27.1 Å². The van der Waals surface area contributed by atoms with Gasteiger partial charge in [-0.2, -0.15) is 17.5 Å². The molecule has 13 heteroatoms. The molecule has 3 amide bonds. The molecule has 2 aliphatic heterocycles. The summed E-state index contributed by atoms with van der Waals surface area (Å²) in [5.41, 5.74) is 0.807. The van der Waals surface area contributed by atoms with Gasteiger partial charge in [0, 0.05) is 31.1 Å². The lowest BCUT2D eigenvalue weighted by molar-refractivity contribution is -0.145. The number of hydrogen-bond donors (Lipinski definition) is 1. The fourth-order valence-corrected chi connectivity index (χ4v) is 4.26. The highest BCUT2D eigenvalue weighted by atomic mass is 32.2. The Morgan fingerprint density at radius 3 is 2.40 bits per heavy atom. The summed E-state index contributed by atoms with van der Waals surface area (Å²) < 4.78 is 63.6. The van der Waals surface area contributed by atoms with Crippen LogP contribution in [0.3, 0.4) is 0 Å². The minimum absolute atomic E-state index is 0.0215. The number of rotatable bonds is 3. The van der Waals surface area contributed by atoms with Crippen LogP contribution in [0.1, 0.15) is 24.7 Å². The Morgan fingerprint density at radius 1 is 1.23 bits per heavy atom.